The fraction of sp³-hybridized carbons (Fsp3) is 0.542. The van der Waals surface area contributed by atoms with Crippen LogP contribution in [0.3, 0.4) is 0 Å². The Hall–Kier alpha value is -3.04. The number of anilines is 1. The van der Waals surface area contributed by atoms with E-state index in [4.69, 9.17) is 4.74 Å². The van der Waals surface area contributed by atoms with Gasteiger partial charge in [0.05, 0.1) is 17.3 Å². The summed E-state index contributed by atoms with van der Waals surface area (Å²) in [4.78, 5) is 16.4. The third kappa shape index (κ3) is 4.90. The topological polar surface area (TPSA) is 78.8 Å². The number of fused-ring (bicyclic) bond motifs is 1. The lowest BCUT2D eigenvalue weighted by Gasteiger charge is -2.39. The first-order valence-electron chi connectivity index (χ1n) is 11.3. The van der Waals surface area contributed by atoms with Crippen LogP contribution in [-0.2, 0) is 10.9 Å². The van der Waals surface area contributed by atoms with Crippen LogP contribution in [0.25, 0.3) is 11.3 Å². The molecule has 1 aromatic carbocycles. The van der Waals surface area contributed by atoms with Crippen molar-refractivity contribution in [3.05, 3.63) is 35.4 Å². The van der Waals surface area contributed by atoms with E-state index in [0.717, 1.165) is 25.5 Å². The van der Waals surface area contributed by atoms with Crippen molar-refractivity contribution < 1.29 is 27.8 Å². The van der Waals surface area contributed by atoms with Gasteiger partial charge in [-0.3, -0.25) is 0 Å². The Morgan fingerprint density at radius 2 is 1.82 bits per heavy atom. The van der Waals surface area contributed by atoms with Gasteiger partial charge in [0.2, 0.25) is 0 Å². The van der Waals surface area contributed by atoms with Crippen molar-refractivity contribution in [3.8, 4) is 17.0 Å². The van der Waals surface area contributed by atoms with Crippen LogP contribution >= 0.6 is 0 Å². The maximum absolute atomic E-state index is 13.0. The first-order valence-corrected chi connectivity index (χ1v) is 11.3. The van der Waals surface area contributed by atoms with E-state index < -0.39 is 23.1 Å². The van der Waals surface area contributed by atoms with Crippen molar-refractivity contribution in [2.75, 3.05) is 24.5 Å². The van der Waals surface area contributed by atoms with Gasteiger partial charge in [-0.1, -0.05) is 0 Å². The lowest BCUT2D eigenvalue weighted by Crippen LogP contribution is -2.51. The van der Waals surface area contributed by atoms with Crippen molar-refractivity contribution in [3.63, 3.8) is 0 Å². The number of rotatable bonds is 2. The number of phenolic OH excluding ortho intramolecular Hbond substituents is 1. The molecule has 2 aliphatic rings. The minimum atomic E-state index is -4.55. The summed E-state index contributed by atoms with van der Waals surface area (Å²) >= 11 is 0. The van der Waals surface area contributed by atoms with Crippen LogP contribution in [0.4, 0.5) is 23.8 Å². The molecule has 1 amide bonds. The second-order valence-corrected chi connectivity index (χ2v) is 9.99. The van der Waals surface area contributed by atoms with Crippen molar-refractivity contribution in [2.24, 2.45) is 5.92 Å². The highest BCUT2D eigenvalue weighted by atomic mass is 19.4. The monoisotopic (exact) mass is 478 g/mol. The van der Waals surface area contributed by atoms with Crippen molar-refractivity contribution >= 4 is 11.9 Å². The van der Waals surface area contributed by atoms with Crippen molar-refractivity contribution in [1.29, 1.82) is 0 Å². The first-order chi connectivity index (χ1) is 15.8. The highest BCUT2D eigenvalue weighted by Crippen LogP contribution is 2.39. The Morgan fingerprint density at radius 3 is 2.41 bits per heavy atom. The second-order valence-electron chi connectivity index (χ2n) is 9.99. The van der Waals surface area contributed by atoms with Gasteiger partial charge >= 0.3 is 12.3 Å². The predicted molar refractivity (Wildman–Crippen MR) is 121 cm³/mol. The van der Waals surface area contributed by atoms with E-state index >= 15 is 0 Å². The third-order valence-electron chi connectivity index (χ3n) is 6.36. The number of aromatic nitrogens is 2. The fourth-order valence-corrected chi connectivity index (χ4v) is 4.79. The van der Waals surface area contributed by atoms with E-state index in [9.17, 15) is 23.1 Å². The maximum Gasteiger partial charge on any atom is 0.416 e. The minimum absolute atomic E-state index is 0.0858. The number of carbonyl (C=O) groups excluding carboxylic acids is 1. The number of halogens is 3. The van der Waals surface area contributed by atoms with Gasteiger partial charge in [0, 0.05) is 25.2 Å². The second kappa shape index (κ2) is 8.63. The van der Waals surface area contributed by atoms with Gasteiger partial charge in [0.15, 0.2) is 5.82 Å². The Balaban J connectivity index is 1.53. The standard InChI is InChI=1S/C24H29F3N4O3/c1-14-11-16(24(25,26)27)12-19(32)21(14)17-5-6-20(29-28-17)31-10-8-15-7-9-30(13-18(15)31)22(33)34-23(2,3)4/h5-6,11-12,15,18,32H,7-10,13H2,1-4H3. The number of aromatic hydroxyl groups is 1. The van der Waals surface area contributed by atoms with Crippen LogP contribution in [0.2, 0.25) is 0 Å². The summed E-state index contributed by atoms with van der Waals surface area (Å²) < 4.78 is 44.6. The van der Waals surface area contributed by atoms with Crippen LogP contribution in [0, 0.1) is 12.8 Å². The number of nitrogens with zero attached hydrogens (tertiary/aromatic N) is 4. The Bertz CT molecular complexity index is 1040. The summed E-state index contributed by atoms with van der Waals surface area (Å²) in [5.41, 5.74) is -0.698. The van der Waals surface area contributed by atoms with Crippen LogP contribution in [0.5, 0.6) is 5.75 Å². The quantitative estimate of drug-likeness (QED) is 0.654. The van der Waals surface area contributed by atoms with Crippen molar-refractivity contribution in [2.45, 2.75) is 58.4 Å². The zero-order valence-corrected chi connectivity index (χ0v) is 19.7. The third-order valence-corrected chi connectivity index (χ3v) is 6.36. The zero-order chi connectivity index (χ0) is 24.8. The van der Waals surface area contributed by atoms with Crippen LogP contribution < -0.4 is 4.90 Å². The molecule has 2 saturated heterocycles. The predicted octanol–water partition coefficient (Wildman–Crippen LogP) is 5.01. The summed E-state index contributed by atoms with van der Waals surface area (Å²) in [6, 6.07) is 5.19. The number of hydrogen-bond acceptors (Lipinski definition) is 6. The molecule has 10 heteroatoms. The Labute approximate surface area is 196 Å². The molecule has 0 bridgehead atoms. The summed E-state index contributed by atoms with van der Waals surface area (Å²) in [5, 5.41) is 18.8. The number of aryl methyl sites for hydroxylation is 1. The number of ether oxygens (including phenoxy) is 1. The molecule has 34 heavy (non-hydrogen) atoms. The number of benzene rings is 1. The first kappa shape index (κ1) is 24.1. The van der Waals surface area contributed by atoms with E-state index in [0.29, 0.717) is 36.6 Å². The Kier molecular flexibility index (Phi) is 6.12. The summed E-state index contributed by atoms with van der Waals surface area (Å²) in [6.07, 6.45) is -3.01. The van der Waals surface area contributed by atoms with Crippen LogP contribution in [0.1, 0.15) is 44.7 Å². The molecule has 0 saturated carbocycles. The van der Waals surface area contributed by atoms with E-state index in [1.807, 2.05) is 20.8 Å². The summed E-state index contributed by atoms with van der Waals surface area (Å²) in [6.45, 7) is 8.98. The molecule has 2 aromatic rings. The van der Waals surface area contributed by atoms with E-state index in [-0.39, 0.29) is 23.3 Å². The lowest BCUT2D eigenvalue weighted by atomic mass is 9.92. The highest BCUT2D eigenvalue weighted by molar-refractivity contribution is 5.72. The van der Waals surface area contributed by atoms with Gasteiger partial charge in [-0.25, -0.2) is 4.79 Å². The van der Waals surface area contributed by atoms with E-state index in [1.165, 1.54) is 6.92 Å². The molecule has 0 radical (unpaired) electrons. The van der Waals surface area contributed by atoms with Gasteiger partial charge in [-0.2, -0.15) is 13.2 Å². The summed E-state index contributed by atoms with van der Waals surface area (Å²) in [7, 11) is 0. The molecule has 1 N–H and O–H groups in total. The number of alkyl halides is 3. The molecule has 2 aliphatic heterocycles. The molecule has 4 rings (SSSR count). The van der Waals surface area contributed by atoms with Gasteiger partial charge < -0.3 is 19.6 Å². The van der Waals surface area contributed by atoms with Crippen molar-refractivity contribution in [1.82, 2.24) is 15.1 Å². The van der Waals surface area contributed by atoms with Gasteiger partial charge in [0.1, 0.15) is 11.4 Å². The molecule has 1 aromatic heterocycles. The maximum atomic E-state index is 13.0. The molecular formula is C24H29F3N4O3. The van der Waals surface area contributed by atoms with Crippen LogP contribution in [0.15, 0.2) is 24.3 Å². The van der Waals surface area contributed by atoms with E-state index in [2.05, 4.69) is 15.1 Å². The fourth-order valence-electron chi connectivity index (χ4n) is 4.79. The van der Waals surface area contributed by atoms with Gasteiger partial charge in [-0.05, 0) is 76.3 Å². The number of amides is 1. The number of hydrogen-bond donors (Lipinski definition) is 1. The number of carbonyl (C=O) groups is 1. The largest absolute Gasteiger partial charge is 0.507 e. The number of likely N-dealkylation sites (tertiary alicyclic amines) is 1. The molecule has 2 atom stereocenters. The minimum Gasteiger partial charge on any atom is -0.507 e. The molecule has 0 aliphatic carbocycles. The molecule has 7 nitrogen and oxygen atoms in total. The average molecular weight is 479 g/mol. The van der Waals surface area contributed by atoms with E-state index in [1.54, 1.807) is 17.0 Å². The molecule has 3 heterocycles. The highest BCUT2D eigenvalue weighted by Gasteiger charge is 2.41. The number of phenols is 1. The lowest BCUT2D eigenvalue weighted by molar-refractivity contribution is -0.137. The SMILES string of the molecule is Cc1cc(C(F)(F)F)cc(O)c1-c1ccc(N2CCC3CCN(C(=O)OC(C)(C)C)CC32)nn1. The molecule has 184 valence electrons. The van der Waals surface area contributed by atoms with Gasteiger partial charge in [0.25, 0.3) is 0 Å². The summed E-state index contributed by atoms with van der Waals surface area (Å²) in [5.74, 6) is 0.573. The Morgan fingerprint density at radius 1 is 1.12 bits per heavy atom. The average Bonchev–Trinajstić information content (AvgIpc) is 3.15. The number of piperidine rings is 1. The molecular weight excluding hydrogens is 449 g/mol. The smallest absolute Gasteiger partial charge is 0.416 e. The zero-order valence-electron chi connectivity index (χ0n) is 19.7. The molecule has 2 fully saturated rings. The van der Waals surface area contributed by atoms with Crippen LogP contribution in [-0.4, -0.2) is 57.6 Å². The molecule has 2 unspecified atom stereocenters. The van der Waals surface area contributed by atoms with Gasteiger partial charge in [-0.15, -0.1) is 10.2 Å². The normalized spacial score (nSPS) is 20.9. The molecule has 0 spiro atoms.